The van der Waals surface area contributed by atoms with Crippen LogP contribution < -0.4 is 10.1 Å². The van der Waals surface area contributed by atoms with Gasteiger partial charge in [0.15, 0.2) is 6.10 Å². The van der Waals surface area contributed by atoms with Crippen molar-refractivity contribution < 1.29 is 9.53 Å². The molecule has 0 aliphatic heterocycles. The quantitative estimate of drug-likeness (QED) is 0.603. The topological polar surface area (TPSA) is 38.3 Å². The summed E-state index contributed by atoms with van der Waals surface area (Å²) in [4.78, 5) is 12.3. The van der Waals surface area contributed by atoms with Crippen molar-refractivity contribution in [3.63, 3.8) is 0 Å². The van der Waals surface area contributed by atoms with Crippen molar-refractivity contribution in [2.45, 2.75) is 26.9 Å². The Morgan fingerprint density at radius 3 is 2.08 bits per heavy atom. The van der Waals surface area contributed by atoms with Crippen LogP contribution in [0.5, 0.6) is 5.75 Å². The van der Waals surface area contributed by atoms with E-state index in [0.717, 1.165) is 11.1 Å². The maximum absolute atomic E-state index is 12.3. The highest BCUT2D eigenvalue weighted by Gasteiger charge is 2.18. The highest BCUT2D eigenvalue weighted by atomic mass is 35.5. The van der Waals surface area contributed by atoms with E-state index in [-0.39, 0.29) is 5.91 Å². The second-order valence-electron chi connectivity index (χ2n) is 5.37. The van der Waals surface area contributed by atoms with E-state index in [1.807, 2.05) is 13.8 Å². The van der Waals surface area contributed by atoms with E-state index in [1.165, 1.54) is 12.1 Å². The van der Waals surface area contributed by atoms with Crippen LogP contribution >= 0.6 is 46.4 Å². The number of rotatable bonds is 4. The van der Waals surface area contributed by atoms with Crippen LogP contribution in [-0.2, 0) is 4.79 Å². The Balaban J connectivity index is 2.12. The van der Waals surface area contributed by atoms with Crippen LogP contribution in [0, 0.1) is 13.8 Å². The summed E-state index contributed by atoms with van der Waals surface area (Å²) in [6.45, 7) is 5.39. The number of hydrogen-bond acceptors (Lipinski definition) is 2. The summed E-state index contributed by atoms with van der Waals surface area (Å²) in [6.07, 6.45) is -0.740. The van der Waals surface area contributed by atoms with E-state index in [1.54, 1.807) is 19.1 Å². The van der Waals surface area contributed by atoms with Gasteiger partial charge in [0.1, 0.15) is 5.75 Å². The van der Waals surface area contributed by atoms with E-state index in [2.05, 4.69) is 5.32 Å². The third-order valence-electron chi connectivity index (χ3n) is 3.36. The molecule has 0 heterocycles. The molecule has 0 bridgehead atoms. The molecule has 24 heavy (non-hydrogen) atoms. The van der Waals surface area contributed by atoms with Crippen molar-refractivity contribution in [3.8, 4) is 5.75 Å². The second kappa shape index (κ2) is 7.83. The van der Waals surface area contributed by atoms with Crippen molar-refractivity contribution in [1.29, 1.82) is 0 Å². The molecule has 2 aromatic carbocycles. The molecule has 1 N–H and O–H groups in total. The number of hydrogen-bond donors (Lipinski definition) is 1. The van der Waals surface area contributed by atoms with E-state index in [9.17, 15) is 4.79 Å². The molecule has 1 amide bonds. The fraction of sp³-hybridized carbons (Fsp3) is 0.235. The molecule has 0 spiro atoms. The minimum Gasteiger partial charge on any atom is -0.481 e. The fourth-order valence-electron chi connectivity index (χ4n) is 2.08. The van der Waals surface area contributed by atoms with E-state index in [0.29, 0.717) is 31.5 Å². The molecule has 0 aromatic heterocycles. The van der Waals surface area contributed by atoms with Crippen LogP contribution in [-0.4, -0.2) is 12.0 Å². The Morgan fingerprint density at radius 1 is 0.958 bits per heavy atom. The lowest BCUT2D eigenvalue weighted by atomic mass is 10.1. The van der Waals surface area contributed by atoms with Gasteiger partial charge in [-0.25, -0.2) is 0 Å². The van der Waals surface area contributed by atoms with Gasteiger partial charge in [0, 0.05) is 5.02 Å². The average molecular weight is 407 g/mol. The molecule has 0 saturated heterocycles. The Bertz CT molecular complexity index is 769. The molecule has 0 aliphatic rings. The van der Waals surface area contributed by atoms with Crippen LogP contribution in [0.3, 0.4) is 0 Å². The Labute approximate surface area is 160 Å². The van der Waals surface area contributed by atoms with Crippen LogP contribution in [0.1, 0.15) is 18.1 Å². The largest absolute Gasteiger partial charge is 0.481 e. The van der Waals surface area contributed by atoms with Gasteiger partial charge in [-0.3, -0.25) is 4.79 Å². The lowest BCUT2D eigenvalue weighted by molar-refractivity contribution is -0.122. The summed E-state index contributed by atoms with van der Waals surface area (Å²) in [5.41, 5.74) is 2.13. The number of ether oxygens (including phenoxy) is 1. The van der Waals surface area contributed by atoms with Gasteiger partial charge < -0.3 is 10.1 Å². The molecule has 0 unspecified atom stereocenters. The third kappa shape index (κ3) is 4.48. The minimum atomic E-state index is -0.740. The molecular formula is C17H15Cl4NO2. The molecule has 2 rings (SSSR count). The predicted molar refractivity (Wildman–Crippen MR) is 101 cm³/mol. The molecular weight excluding hydrogens is 392 g/mol. The smallest absolute Gasteiger partial charge is 0.265 e. The molecule has 128 valence electrons. The standard InChI is InChI=1S/C17H15Cl4NO2/c1-8-4-11(5-9(2)16(8)21)24-10(3)17(23)22-15-7-13(19)12(18)6-14(15)20/h4-7,10H,1-3H3,(H,22,23)/t10-/m1/s1. The van der Waals surface area contributed by atoms with Gasteiger partial charge in [0.2, 0.25) is 0 Å². The zero-order valence-corrected chi connectivity index (χ0v) is 16.2. The van der Waals surface area contributed by atoms with Gasteiger partial charge >= 0.3 is 0 Å². The lowest BCUT2D eigenvalue weighted by Gasteiger charge is -2.17. The van der Waals surface area contributed by atoms with Crippen molar-refractivity contribution in [2.75, 3.05) is 5.32 Å². The summed E-state index contributed by atoms with van der Waals surface area (Å²) < 4.78 is 5.69. The van der Waals surface area contributed by atoms with E-state index < -0.39 is 6.10 Å². The van der Waals surface area contributed by atoms with Crippen molar-refractivity contribution in [2.24, 2.45) is 0 Å². The van der Waals surface area contributed by atoms with Gasteiger partial charge in [-0.15, -0.1) is 0 Å². The Morgan fingerprint density at radius 2 is 1.50 bits per heavy atom. The summed E-state index contributed by atoms with van der Waals surface area (Å²) in [5, 5.41) is 4.27. The zero-order valence-electron chi connectivity index (χ0n) is 13.2. The van der Waals surface area contributed by atoms with Crippen molar-refractivity contribution in [3.05, 3.63) is 55.5 Å². The van der Waals surface area contributed by atoms with Gasteiger partial charge in [-0.05, 0) is 56.2 Å². The van der Waals surface area contributed by atoms with Crippen molar-refractivity contribution in [1.82, 2.24) is 0 Å². The minimum absolute atomic E-state index is 0.295. The fourth-order valence-corrected chi connectivity index (χ4v) is 2.79. The molecule has 2 aromatic rings. The molecule has 3 nitrogen and oxygen atoms in total. The first kappa shape index (κ1) is 19.2. The van der Waals surface area contributed by atoms with Gasteiger partial charge in [-0.1, -0.05) is 46.4 Å². The Hall–Kier alpha value is -1.13. The first-order valence-electron chi connectivity index (χ1n) is 7.08. The maximum Gasteiger partial charge on any atom is 0.265 e. The SMILES string of the molecule is Cc1cc(O[C@H](C)C(=O)Nc2cc(Cl)c(Cl)cc2Cl)cc(C)c1Cl. The van der Waals surface area contributed by atoms with Gasteiger partial charge in [0.05, 0.1) is 20.8 Å². The summed E-state index contributed by atoms with van der Waals surface area (Å²) >= 11 is 24.0. The van der Waals surface area contributed by atoms with Crippen LogP contribution in [0.4, 0.5) is 5.69 Å². The number of halogens is 4. The number of benzene rings is 2. The summed E-state index contributed by atoms with van der Waals surface area (Å²) in [6, 6.07) is 6.53. The Kier molecular flexibility index (Phi) is 6.27. The number of nitrogens with one attached hydrogen (secondary N) is 1. The average Bonchev–Trinajstić information content (AvgIpc) is 2.50. The predicted octanol–water partition coefficient (Wildman–Crippen LogP) is 6.32. The second-order valence-corrected chi connectivity index (χ2v) is 6.97. The number of anilines is 1. The van der Waals surface area contributed by atoms with Crippen LogP contribution in [0.2, 0.25) is 20.1 Å². The molecule has 0 radical (unpaired) electrons. The van der Waals surface area contributed by atoms with Crippen LogP contribution in [0.25, 0.3) is 0 Å². The number of carbonyl (C=O) groups excluding carboxylic acids is 1. The molecule has 0 aliphatic carbocycles. The normalized spacial score (nSPS) is 12.0. The van der Waals surface area contributed by atoms with Gasteiger partial charge in [-0.2, -0.15) is 0 Å². The lowest BCUT2D eigenvalue weighted by Crippen LogP contribution is -2.30. The van der Waals surface area contributed by atoms with Crippen LogP contribution in [0.15, 0.2) is 24.3 Å². The number of amides is 1. The van der Waals surface area contributed by atoms with Crippen molar-refractivity contribution >= 4 is 58.0 Å². The van der Waals surface area contributed by atoms with E-state index in [4.69, 9.17) is 51.1 Å². The van der Waals surface area contributed by atoms with E-state index >= 15 is 0 Å². The number of carbonyl (C=O) groups is 1. The third-order valence-corrected chi connectivity index (χ3v) is 4.99. The van der Waals surface area contributed by atoms with Gasteiger partial charge in [0.25, 0.3) is 5.91 Å². The molecule has 0 saturated carbocycles. The molecule has 1 atom stereocenters. The highest BCUT2D eigenvalue weighted by Crippen LogP contribution is 2.32. The monoisotopic (exact) mass is 405 g/mol. The first-order valence-corrected chi connectivity index (χ1v) is 8.59. The number of aryl methyl sites for hydroxylation is 2. The molecule has 0 fully saturated rings. The summed E-state index contributed by atoms with van der Waals surface area (Å²) in [5.74, 6) is 0.206. The zero-order chi connectivity index (χ0) is 18.0. The highest BCUT2D eigenvalue weighted by molar-refractivity contribution is 6.44. The first-order chi connectivity index (χ1) is 11.2. The maximum atomic E-state index is 12.3. The molecule has 7 heteroatoms. The summed E-state index contributed by atoms with van der Waals surface area (Å²) in [7, 11) is 0.